The fourth-order valence-corrected chi connectivity index (χ4v) is 1.59. The Kier molecular flexibility index (Phi) is 4.04. The molecule has 0 unspecified atom stereocenters. The topological polar surface area (TPSA) is 29.9 Å². The molecule has 0 radical (unpaired) electrons. The summed E-state index contributed by atoms with van der Waals surface area (Å²) in [7, 11) is 1.84. The summed E-state index contributed by atoms with van der Waals surface area (Å²) >= 11 is 11.9. The highest BCUT2D eigenvalue weighted by Crippen LogP contribution is 2.19. The number of halogens is 2. The monoisotopic (exact) mass is 249 g/mol. The molecule has 15 heavy (non-hydrogen) atoms. The molecule has 0 aliphatic carbocycles. The fourth-order valence-electron chi connectivity index (χ4n) is 1.25. The highest BCUT2D eigenvalue weighted by Gasteiger charge is 2.18. The van der Waals surface area contributed by atoms with Crippen LogP contribution in [0.3, 0.4) is 0 Å². The number of nitrogens with zero attached hydrogens (tertiary/aromatic N) is 2. The third-order valence-electron chi connectivity index (χ3n) is 2.35. The lowest BCUT2D eigenvalue weighted by atomic mass is 10.1. The van der Waals surface area contributed by atoms with E-state index >= 15 is 0 Å². The zero-order valence-electron chi connectivity index (χ0n) is 9.56. The van der Waals surface area contributed by atoms with Crippen molar-refractivity contribution in [1.82, 2.24) is 15.1 Å². The molecular formula is C10H17Cl2N3. The first-order chi connectivity index (χ1) is 6.87. The average molecular weight is 250 g/mol. The molecule has 0 saturated heterocycles. The Labute approximate surface area is 101 Å². The molecule has 0 aromatic carbocycles. The van der Waals surface area contributed by atoms with E-state index in [4.69, 9.17) is 23.2 Å². The molecule has 1 heterocycles. The molecule has 0 atom stereocenters. The van der Waals surface area contributed by atoms with Crippen molar-refractivity contribution >= 4 is 23.2 Å². The highest BCUT2D eigenvalue weighted by molar-refractivity contribution is 6.30. The van der Waals surface area contributed by atoms with Gasteiger partial charge in [0.15, 0.2) is 0 Å². The number of hydrogen-bond acceptors (Lipinski definition) is 2. The van der Waals surface area contributed by atoms with Crippen LogP contribution in [0.15, 0.2) is 0 Å². The molecule has 3 nitrogen and oxygen atoms in total. The predicted octanol–water partition coefficient (Wildman–Crippen LogP) is 2.49. The van der Waals surface area contributed by atoms with E-state index in [0.717, 1.165) is 11.3 Å². The van der Waals surface area contributed by atoms with E-state index < -0.39 is 0 Å². The van der Waals surface area contributed by atoms with Gasteiger partial charge in [0.05, 0.1) is 5.69 Å². The second-order valence-electron chi connectivity index (χ2n) is 4.35. The maximum absolute atomic E-state index is 6.11. The van der Waals surface area contributed by atoms with Crippen molar-refractivity contribution in [2.24, 2.45) is 7.05 Å². The van der Waals surface area contributed by atoms with E-state index in [1.807, 2.05) is 14.0 Å². The quantitative estimate of drug-likeness (QED) is 0.832. The second-order valence-corrected chi connectivity index (χ2v) is 4.97. The molecule has 0 aliphatic rings. The maximum Gasteiger partial charge on any atom is 0.131 e. The van der Waals surface area contributed by atoms with Crippen LogP contribution in [-0.2, 0) is 13.6 Å². The van der Waals surface area contributed by atoms with Gasteiger partial charge < -0.3 is 5.32 Å². The summed E-state index contributed by atoms with van der Waals surface area (Å²) in [5, 5.41) is 8.28. The van der Waals surface area contributed by atoms with E-state index in [1.165, 1.54) is 0 Å². The molecule has 1 aromatic rings. The highest BCUT2D eigenvalue weighted by atomic mass is 35.5. The standard InChI is InChI=1S/C10H17Cl2N3/c1-7-8(9(12)15(4)14-7)5-13-10(2,3)6-11/h13H,5-6H2,1-4H3. The molecule has 1 N–H and O–H groups in total. The molecule has 5 heteroatoms. The van der Waals surface area contributed by atoms with Crippen LogP contribution in [0.4, 0.5) is 0 Å². The van der Waals surface area contributed by atoms with E-state index in [-0.39, 0.29) is 5.54 Å². The summed E-state index contributed by atoms with van der Waals surface area (Å²) in [6.07, 6.45) is 0. The molecule has 0 saturated carbocycles. The Hall–Kier alpha value is -0.250. The minimum atomic E-state index is -0.0901. The van der Waals surface area contributed by atoms with Gasteiger partial charge in [-0.15, -0.1) is 11.6 Å². The van der Waals surface area contributed by atoms with Crippen LogP contribution in [-0.4, -0.2) is 21.2 Å². The van der Waals surface area contributed by atoms with E-state index in [9.17, 15) is 0 Å². The van der Waals surface area contributed by atoms with Crippen molar-refractivity contribution in [1.29, 1.82) is 0 Å². The van der Waals surface area contributed by atoms with Crippen LogP contribution in [0.1, 0.15) is 25.1 Å². The van der Waals surface area contributed by atoms with Crippen LogP contribution in [0.5, 0.6) is 0 Å². The second kappa shape index (κ2) is 4.73. The normalized spacial score (nSPS) is 12.1. The van der Waals surface area contributed by atoms with E-state index in [0.29, 0.717) is 17.6 Å². The van der Waals surface area contributed by atoms with Gasteiger partial charge in [-0.3, -0.25) is 4.68 Å². The molecular weight excluding hydrogens is 233 g/mol. The number of aromatic nitrogens is 2. The lowest BCUT2D eigenvalue weighted by Gasteiger charge is -2.23. The summed E-state index contributed by atoms with van der Waals surface area (Å²) in [5.74, 6) is 0.559. The average Bonchev–Trinajstić information content (AvgIpc) is 2.39. The number of nitrogens with one attached hydrogen (secondary N) is 1. The zero-order valence-corrected chi connectivity index (χ0v) is 11.1. The summed E-state index contributed by atoms with van der Waals surface area (Å²) < 4.78 is 1.68. The third kappa shape index (κ3) is 3.10. The van der Waals surface area contributed by atoms with Crippen LogP contribution in [0.25, 0.3) is 0 Å². The summed E-state index contributed by atoms with van der Waals surface area (Å²) in [6.45, 7) is 6.76. The van der Waals surface area contributed by atoms with Gasteiger partial charge in [-0.05, 0) is 20.8 Å². The zero-order chi connectivity index (χ0) is 11.6. The first-order valence-corrected chi connectivity index (χ1v) is 5.77. The van der Waals surface area contributed by atoms with Crippen LogP contribution >= 0.6 is 23.2 Å². The number of hydrogen-bond donors (Lipinski definition) is 1. The van der Waals surface area contributed by atoms with Gasteiger partial charge in [0.2, 0.25) is 0 Å². The Morgan fingerprint density at radius 2 is 2.07 bits per heavy atom. The minimum Gasteiger partial charge on any atom is -0.306 e. The predicted molar refractivity (Wildman–Crippen MR) is 64.6 cm³/mol. The Morgan fingerprint density at radius 3 is 2.47 bits per heavy atom. The van der Waals surface area contributed by atoms with E-state index in [2.05, 4.69) is 24.3 Å². The van der Waals surface area contributed by atoms with Crippen molar-refractivity contribution in [3.8, 4) is 0 Å². The van der Waals surface area contributed by atoms with Gasteiger partial charge in [0.1, 0.15) is 5.15 Å². The first-order valence-electron chi connectivity index (χ1n) is 4.86. The Balaban J connectivity index is 2.73. The number of rotatable bonds is 4. The Morgan fingerprint density at radius 1 is 1.47 bits per heavy atom. The summed E-state index contributed by atoms with van der Waals surface area (Å²) in [5.41, 5.74) is 1.91. The van der Waals surface area contributed by atoms with Crippen molar-refractivity contribution in [3.63, 3.8) is 0 Å². The van der Waals surface area contributed by atoms with Gasteiger partial charge in [0.25, 0.3) is 0 Å². The minimum absolute atomic E-state index is 0.0901. The van der Waals surface area contributed by atoms with Crippen molar-refractivity contribution in [2.45, 2.75) is 32.9 Å². The molecule has 86 valence electrons. The molecule has 0 bridgehead atoms. The summed E-state index contributed by atoms with van der Waals surface area (Å²) in [6, 6.07) is 0. The molecule has 0 amide bonds. The van der Waals surface area contributed by atoms with Gasteiger partial charge >= 0.3 is 0 Å². The van der Waals surface area contributed by atoms with Crippen LogP contribution in [0.2, 0.25) is 5.15 Å². The van der Waals surface area contributed by atoms with Crippen molar-refractivity contribution in [3.05, 3.63) is 16.4 Å². The van der Waals surface area contributed by atoms with Gasteiger partial charge in [-0.2, -0.15) is 5.10 Å². The molecule has 0 aliphatic heterocycles. The lowest BCUT2D eigenvalue weighted by molar-refractivity contribution is 0.429. The first kappa shape index (κ1) is 12.8. The van der Waals surface area contributed by atoms with Crippen molar-refractivity contribution in [2.75, 3.05) is 5.88 Å². The fraction of sp³-hybridized carbons (Fsp3) is 0.700. The molecule has 1 aromatic heterocycles. The summed E-state index contributed by atoms with van der Waals surface area (Å²) in [4.78, 5) is 0. The Bertz CT molecular complexity index is 345. The number of aryl methyl sites for hydroxylation is 2. The van der Waals surface area contributed by atoms with Crippen LogP contribution in [0, 0.1) is 6.92 Å². The smallest absolute Gasteiger partial charge is 0.131 e. The van der Waals surface area contributed by atoms with Gasteiger partial charge in [-0.1, -0.05) is 11.6 Å². The molecule has 0 fully saturated rings. The van der Waals surface area contributed by atoms with Crippen molar-refractivity contribution < 1.29 is 0 Å². The lowest BCUT2D eigenvalue weighted by Crippen LogP contribution is -2.40. The number of alkyl halides is 1. The molecule has 0 spiro atoms. The van der Waals surface area contributed by atoms with E-state index in [1.54, 1.807) is 4.68 Å². The maximum atomic E-state index is 6.11. The molecule has 1 rings (SSSR count). The van der Waals surface area contributed by atoms with Crippen LogP contribution < -0.4 is 5.32 Å². The third-order valence-corrected chi connectivity index (χ3v) is 3.49. The van der Waals surface area contributed by atoms with Gasteiger partial charge in [-0.25, -0.2) is 0 Å². The SMILES string of the molecule is Cc1nn(C)c(Cl)c1CNC(C)(C)CCl. The largest absolute Gasteiger partial charge is 0.306 e. The van der Waals surface area contributed by atoms with Gasteiger partial charge in [0, 0.05) is 30.6 Å².